The number of carbonyl (C=O) groups excluding carboxylic acids is 2. The second-order valence-corrected chi connectivity index (χ2v) is 6.30. The van der Waals surface area contributed by atoms with Crippen molar-refractivity contribution in [1.29, 1.82) is 0 Å². The van der Waals surface area contributed by atoms with Crippen molar-refractivity contribution < 1.29 is 14.3 Å². The molecule has 24 heavy (non-hydrogen) atoms. The number of anilines is 1. The van der Waals surface area contributed by atoms with E-state index >= 15 is 0 Å². The maximum Gasteiger partial charge on any atom is 0.275 e. The number of benzene rings is 1. The number of aromatic nitrogens is 1. The van der Waals surface area contributed by atoms with Crippen LogP contribution in [0.1, 0.15) is 21.1 Å². The third-order valence-electron chi connectivity index (χ3n) is 3.19. The lowest BCUT2D eigenvalue weighted by Gasteiger charge is -2.15. The molecular weight excluding hydrogens is 328 g/mol. The number of carbonyl (C=O) groups is 2. The summed E-state index contributed by atoms with van der Waals surface area (Å²) in [5.74, 6) is -0.0766. The molecular formula is C16H20N4O3S. The number of hydrogen-bond donors (Lipinski definition) is 2. The fourth-order valence-corrected chi connectivity index (χ4v) is 2.47. The van der Waals surface area contributed by atoms with Crippen LogP contribution in [0.4, 0.5) is 5.69 Å². The van der Waals surface area contributed by atoms with Gasteiger partial charge in [0.1, 0.15) is 16.5 Å². The predicted molar refractivity (Wildman–Crippen MR) is 93.3 cm³/mol. The Hall–Kier alpha value is -2.45. The summed E-state index contributed by atoms with van der Waals surface area (Å²) in [6.07, 6.45) is 0. The Balaban J connectivity index is 2.14. The average molecular weight is 348 g/mol. The predicted octanol–water partition coefficient (Wildman–Crippen LogP) is 1.63. The minimum atomic E-state index is -0.349. The number of nitrogens with zero attached hydrogens (tertiary/aromatic N) is 2. The zero-order valence-electron chi connectivity index (χ0n) is 13.8. The Kier molecular flexibility index (Phi) is 5.88. The molecule has 128 valence electrons. The summed E-state index contributed by atoms with van der Waals surface area (Å²) >= 11 is 1.33. The summed E-state index contributed by atoms with van der Waals surface area (Å²) in [5, 5.41) is 5.11. The van der Waals surface area contributed by atoms with Crippen LogP contribution in [0.2, 0.25) is 0 Å². The fraction of sp³-hybridized carbons (Fsp3) is 0.312. The van der Waals surface area contributed by atoms with E-state index in [9.17, 15) is 9.59 Å². The number of aryl methyl sites for hydroxylation is 1. The van der Waals surface area contributed by atoms with Crippen LogP contribution in [0.3, 0.4) is 0 Å². The lowest BCUT2D eigenvalue weighted by atomic mass is 10.2. The third-order valence-corrected chi connectivity index (χ3v) is 4.07. The molecule has 0 saturated carbocycles. The van der Waals surface area contributed by atoms with Crippen LogP contribution in [0, 0.1) is 6.92 Å². The maximum absolute atomic E-state index is 12.3. The van der Waals surface area contributed by atoms with Gasteiger partial charge < -0.3 is 20.7 Å². The summed E-state index contributed by atoms with van der Waals surface area (Å²) in [7, 11) is 3.31. The van der Waals surface area contributed by atoms with Gasteiger partial charge in [0, 0.05) is 26.0 Å². The van der Waals surface area contributed by atoms with Crippen molar-refractivity contribution in [2.24, 2.45) is 5.73 Å². The molecule has 0 spiro atoms. The standard InChI is InChI=1S/C16H20N4O3S/c1-10-4-5-11(13(6-10)23-8-15(21)20(2)3)19-16(22)12-9-24-14(7-17)18-12/h4-6,9H,7-8,17H2,1-3H3,(H,19,22). The number of likely N-dealkylation sites (N-methyl/N-ethyl adjacent to an activating group) is 1. The molecule has 1 heterocycles. The monoisotopic (exact) mass is 348 g/mol. The number of thiazole rings is 1. The van der Waals surface area contributed by atoms with E-state index in [0.717, 1.165) is 5.56 Å². The molecule has 0 aliphatic rings. The first-order valence-corrected chi connectivity index (χ1v) is 8.18. The molecule has 1 aromatic heterocycles. The number of amides is 2. The molecule has 0 saturated heterocycles. The van der Waals surface area contributed by atoms with Crippen LogP contribution in [0.15, 0.2) is 23.6 Å². The van der Waals surface area contributed by atoms with Crippen LogP contribution in [-0.4, -0.2) is 42.4 Å². The van der Waals surface area contributed by atoms with E-state index in [-0.39, 0.29) is 18.4 Å². The van der Waals surface area contributed by atoms with Crippen LogP contribution in [0.5, 0.6) is 5.75 Å². The minimum Gasteiger partial charge on any atom is -0.482 e. The second-order valence-electron chi connectivity index (χ2n) is 5.36. The fourth-order valence-electron chi connectivity index (χ4n) is 1.82. The van der Waals surface area contributed by atoms with Gasteiger partial charge in [0.2, 0.25) is 0 Å². The van der Waals surface area contributed by atoms with Crippen molar-refractivity contribution in [3.63, 3.8) is 0 Å². The number of rotatable bonds is 6. The number of hydrogen-bond acceptors (Lipinski definition) is 6. The maximum atomic E-state index is 12.3. The SMILES string of the molecule is Cc1ccc(NC(=O)c2csc(CN)n2)c(OCC(=O)N(C)C)c1. The molecule has 2 rings (SSSR count). The van der Waals surface area contributed by atoms with E-state index in [4.69, 9.17) is 10.5 Å². The van der Waals surface area contributed by atoms with E-state index in [0.29, 0.717) is 28.7 Å². The molecule has 0 unspecified atom stereocenters. The first-order chi connectivity index (χ1) is 11.4. The highest BCUT2D eigenvalue weighted by Crippen LogP contribution is 2.26. The molecule has 3 N–H and O–H groups in total. The Morgan fingerprint density at radius 1 is 1.38 bits per heavy atom. The van der Waals surface area contributed by atoms with Gasteiger partial charge in [0.05, 0.1) is 5.69 Å². The normalized spacial score (nSPS) is 10.3. The van der Waals surface area contributed by atoms with Gasteiger partial charge in [-0.1, -0.05) is 6.07 Å². The molecule has 0 bridgehead atoms. The summed E-state index contributed by atoms with van der Waals surface area (Å²) < 4.78 is 5.56. The van der Waals surface area contributed by atoms with E-state index in [1.54, 1.807) is 31.6 Å². The number of nitrogens with one attached hydrogen (secondary N) is 1. The Morgan fingerprint density at radius 3 is 2.75 bits per heavy atom. The van der Waals surface area contributed by atoms with Gasteiger partial charge in [0.25, 0.3) is 11.8 Å². The minimum absolute atomic E-state index is 0.104. The lowest BCUT2D eigenvalue weighted by molar-refractivity contribution is -0.130. The van der Waals surface area contributed by atoms with Gasteiger partial charge in [-0.25, -0.2) is 4.98 Å². The molecule has 0 aliphatic carbocycles. The van der Waals surface area contributed by atoms with Gasteiger partial charge in [-0.05, 0) is 24.6 Å². The largest absolute Gasteiger partial charge is 0.482 e. The first-order valence-electron chi connectivity index (χ1n) is 7.30. The van der Waals surface area contributed by atoms with Crippen LogP contribution in [0.25, 0.3) is 0 Å². The Bertz CT molecular complexity index is 743. The number of ether oxygens (including phenoxy) is 1. The highest BCUT2D eigenvalue weighted by Gasteiger charge is 2.14. The van der Waals surface area contributed by atoms with E-state index in [1.165, 1.54) is 16.2 Å². The van der Waals surface area contributed by atoms with Gasteiger partial charge in [0.15, 0.2) is 6.61 Å². The molecule has 7 nitrogen and oxygen atoms in total. The molecule has 8 heteroatoms. The van der Waals surface area contributed by atoms with Gasteiger partial charge >= 0.3 is 0 Å². The topological polar surface area (TPSA) is 97.5 Å². The third kappa shape index (κ3) is 4.53. The second kappa shape index (κ2) is 7.89. The zero-order chi connectivity index (χ0) is 17.7. The van der Waals surface area contributed by atoms with E-state index in [1.807, 2.05) is 13.0 Å². The van der Waals surface area contributed by atoms with Gasteiger partial charge in [-0.2, -0.15) is 0 Å². The smallest absolute Gasteiger partial charge is 0.275 e. The molecule has 2 amide bonds. The highest BCUT2D eigenvalue weighted by atomic mass is 32.1. The van der Waals surface area contributed by atoms with Crippen molar-refractivity contribution in [1.82, 2.24) is 9.88 Å². The molecule has 0 radical (unpaired) electrons. The van der Waals surface area contributed by atoms with Crippen molar-refractivity contribution in [2.75, 3.05) is 26.0 Å². The Morgan fingerprint density at radius 2 is 2.12 bits per heavy atom. The zero-order valence-corrected chi connectivity index (χ0v) is 14.6. The average Bonchev–Trinajstić information content (AvgIpc) is 3.03. The van der Waals surface area contributed by atoms with Crippen molar-refractivity contribution >= 4 is 28.8 Å². The summed E-state index contributed by atoms with van der Waals surface area (Å²) in [5.41, 5.74) is 7.25. The van der Waals surface area contributed by atoms with Crippen molar-refractivity contribution in [3.8, 4) is 5.75 Å². The van der Waals surface area contributed by atoms with Crippen LogP contribution in [-0.2, 0) is 11.3 Å². The first kappa shape index (κ1) is 17.9. The van der Waals surface area contributed by atoms with Gasteiger partial charge in [-0.3, -0.25) is 9.59 Å². The summed E-state index contributed by atoms with van der Waals surface area (Å²) in [4.78, 5) is 29.6. The van der Waals surface area contributed by atoms with E-state index < -0.39 is 0 Å². The van der Waals surface area contributed by atoms with Crippen LogP contribution < -0.4 is 15.8 Å². The lowest BCUT2D eigenvalue weighted by Crippen LogP contribution is -2.27. The molecule has 0 aliphatic heterocycles. The quantitative estimate of drug-likeness (QED) is 0.827. The number of nitrogens with two attached hydrogens (primary N) is 1. The molecule has 0 atom stereocenters. The summed E-state index contributed by atoms with van der Waals surface area (Å²) in [6.45, 7) is 2.09. The van der Waals surface area contributed by atoms with Crippen LogP contribution >= 0.6 is 11.3 Å². The highest BCUT2D eigenvalue weighted by molar-refractivity contribution is 7.09. The summed E-state index contributed by atoms with van der Waals surface area (Å²) in [6, 6.07) is 5.35. The molecule has 2 aromatic rings. The van der Waals surface area contributed by atoms with Crippen molar-refractivity contribution in [3.05, 3.63) is 39.8 Å². The van der Waals surface area contributed by atoms with Gasteiger partial charge in [-0.15, -0.1) is 11.3 Å². The molecule has 0 fully saturated rings. The molecule has 1 aromatic carbocycles. The van der Waals surface area contributed by atoms with E-state index in [2.05, 4.69) is 10.3 Å². The Labute approximate surface area is 144 Å². The van der Waals surface area contributed by atoms with Crippen molar-refractivity contribution in [2.45, 2.75) is 13.5 Å².